The second kappa shape index (κ2) is 6.23. The maximum atomic E-state index is 12.2. The molecule has 3 aliphatic rings. The molecule has 0 bridgehead atoms. The van der Waals surface area contributed by atoms with Gasteiger partial charge in [0.2, 0.25) is 5.91 Å². The molecule has 1 unspecified atom stereocenters. The first-order valence-corrected chi connectivity index (χ1v) is 8.05. The first-order chi connectivity index (χ1) is 9.33. The highest BCUT2D eigenvalue weighted by atomic mass is 16.2. The van der Waals surface area contributed by atoms with Gasteiger partial charge in [0, 0.05) is 38.6 Å². The fourth-order valence-electron chi connectivity index (χ4n) is 3.43. The number of carbonyl (C=O) groups excluding carboxylic acids is 1. The Labute approximate surface area is 116 Å². The predicted octanol–water partition coefficient (Wildman–Crippen LogP) is 1.07. The number of nitrogens with zero attached hydrogens (tertiary/aromatic N) is 2. The van der Waals surface area contributed by atoms with Crippen molar-refractivity contribution < 1.29 is 4.79 Å². The lowest BCUT2D eigenvalue weighted by Gasteiger charge is -2.35. The molecule has 108 valence electrons. The molecule has 2 aliphatic heterocycles. The smallest absolute Gasteiger partial charge is 0.222 e. The minimum atomic E-state index is 0.390. The van der Waals surface area contributed by atoms with Crippen LogP contribution in [-0.2, 0) is 4.79 Å². The zero-order valence-electron chi connectivity index (χ0n) is 11.9. The third kappa shape index (κ3) is 3.69. The molecule has 3 fully saturated rings. The number of hydrogen-bond donors (Lipinski definition) is 1. The van der Waals surface area contributed by atoms with E-state index in [-0.39, 0.29) is 0 Å². The minimum absolute atomic E-state index is 0.390. The van der Waals surface area contributed by atoms with Crippen molar-refractivity contribution in [3.05, 3.63) is 0 Å². The van der Waals surface area contributed by atoms with Gasteiger partial charge in [-0.1, -0.05) is 0 Å². The van der Waals surface area contributed by atoms with Gasteiger partial charge in [-0.25, -0.2) is 0 Å². The van der Waals surface area contributed by atoms with Crippen LogP contribution in [-0.4, -0.2) is 61.0 Å². The Morgan fingerprint density at radius 2 is 1.89 bits per heavy atom. The third-order valence-corrected chi connectivity index (χ3v) is 4.90. The molecule has 3 rings (SSSR count). The highest BCUT2D eigenvalue weighted by Crippen LogP contribution is 2.27. The molecule has 1 saturated carbocycles. The van der Waals surface area contributed by atoms with Gasteiger partial charge in [0.25, 0.3) is 0 Å². The lowest BCUT2D eigenvalue weighted by Crippen LogP contribution is -2.49. The summed E-state index contributed by atoms with van der Waals surface area (Å²) in [6, 6.07) is 0.852. The van der Waals surface area contributed by atoms with Gasteiger partial charge in [0.05, 0.1) is 0 Å². The maximum Gasteiger partial charge on any atom is 0.222 e. The Balaban J connectivity index is 1.35. The topological polar surface area (TPSA) is 35.6 Å². The summed E-state index contributed by atoms with van der Waals surface area (Å²) >= 11 is 0. The van der Waals surface area contributed by atoms with Crippen molar-refractivity contribution in [2.24, 2.45) is 5.92 Å². The van der Waals surface area contributed by atoms with Gasteiger partial charge in [-0.15, -0.1) is 0 Å². The van der Waals surface area contributed by atoms with Gasteiger partial charge in [-0.3, -0.25) is 9.69 Å². The molecular formula is C15H27N3O. The summed E-state index contributed by atoms with van der Waals surface area (Å²) in [5, 5.41) is 3.43. The number of nitrogens with one attached hydrogen (secondary N) is 1. The summed E-state index contributed by atoms with van der Waals surface area (Å²) < 4.78 is 0. The summed E-state index contributed by atoms with van der Waals surface area (Å²) in [6.45, 7) is 6.38. The van der Waals surface area contributed by atoms with E-state index in [1.54, 1.807) is 0 Å². The molecule has 0 aromatic carbocycles. The van der Waals surface area contributed by atoms with Crippen LogP contribution in [0.4, 0.5) is 0 Å². The van der Waals surface area contributed by atoms with Crippen molar-refractivity contribution in [1.82, 2.24) is 15.1 Å². The van der Waals surface area contributed by atoms with Crippen molar-refractivity contribution in [3.63, 3.8) is 0 Å². The molecule has 2 saturated heterocycles. The predicted molar refractivity (Wildman–Crippen MR) is 76.0 cm³/mol. The zero-order chi connectivity index (χ0) is 13.1. The third-order valence-electron chi connectivity index (χ3n) is 4.90. The fourth-order valence-corrected chi connectivity index (χ4v) is 3.43. The lowest BCUT2D eigenvalue weighted by atomic mass is 9.94. The van der Waals surface area contributed by atoms with Crippen LogP contribution in [0.3, 0.4) is 0 Å². The molecule has 19 heavy (non-hydrogen) atoms. The van der Waals surface area contributed by atoms with E-state index in [0.29, 0.717) is 5.91 Å². The van der Waals surface area contributed by atoms with Crippen molar-refractivity contribution in [1.29, 1.82) is 0 Å². The van der Waals surface area contributed by atoms with Crippen molar-refractivity contribution >= 4 is 5.91 Å². The molecule has 4 nitrogen and oxygen atoms in total. The Morgan fingerprint density at radius 1 is 1.11 bits per heavy atom. The average molecular weight is 265 g/mol. The van der Waals surface area contributed by atoms with Crippen molar-refractivity contribution in [2.75, 3.05) is 39.3 Å². The van der Waals surface area contributed by atoms with Gasteiger partial charge in [-0.2, -0.15) is 0 Å². The normalized spacial score (nSPS) is 29.5. The molecule has 0 aromatic heterocycles. The van der Waals surface area contributed by atoms with Crippen LogP contribution in [0.15, 0.2) is 0 Å². The Morgan fingerprint density at radius 3 is 2.53 bits per heavy atom. The van der Waals surface area contributed by atoms with Crippen LogP contribution in [0.2, 0.25) is 0 Å². The Bertz CT molecular complexity index is 303. The van der Waals surface area contributed by atoms with Crippen molar-refractivity contribution in [3.8, 4) is 0 Å². The fraction of sp³-hybridized carbons (Fsp3) is 0.933. The first kappa shape index (κ1) is 13.4. The monoisotopic (exact) mass is 265 g/mol. The number of carbonyl (C=O) groups is 1. The van der Waals surface area contributed by atoms with E-state index >= 15 is 0 Å². The van der Waals surface area contributed by atoms with Crippen LogP contribution >= 0.6 is 0 Å². The number of piperazine rings is 1. The summed E-state index contributed by atoms with van der Waals surface area (Å²) in [7, 11) is 0. The van der Waals surface area contributed by atoms with Gasteiger partial charge in [0.1, 0.15) is 0 Å². The summed E-state index contributed by atoms with van der Waals surface area (Å²) in [4.78, 5) is 16.9. The van der Waals surface area contributed by atoms with Crippen LogP contribution in [0.1, 0.15) is 38.5 Å². The summed E-state index contributed by atoms with van der Waals surface area (Å²) in [6.07, 6.45) is 7.17. The highest BCUT2D eigenvalue weighted by molar-refractivity contribution is 5.76. The molecule has 2 heterocycles. The lowest BCUT2D eigenvalue weighted by molar-refractivity contribution is -0.133. The van der Waals surface area contributed by atoms with E-state index < -0.39 is 0 Å². The van der Waals surface area contributed by atoms with Crippen LogP contribution in [0.25, 0.3) is 0 Å². The van der Waals surface area contributed by atoms with E-state index in [0.717, 1.165) is 64.1 Å². The van der Waals surface area contributed by atoms with Gasteiger partial charge in [0.15, 0.2) is 0 Å². The standard InChI is InChI=1S/C15H27N3O/c19-15(6-3-13-2-1-7-16-12-13)18-10-8-17(9-11-18)14-4-5-14/h13-14,16H,1-12H2. The van der Waals surface area contributed by atoms with Crippen LogP contribution in [0, 0.1) is 5.92 Å². The van der Waals surface area contributed by atoms with Crippen LogP contribution in [0.5, 0.6) is 0 Å². The molecule has 1 atom stereocenters. The van der Waals surface area contributed by atoms with E-state index in [1.165, 1.54) is 25.7 Å². The molecule has 1 N–H and O–H groups in total. The second-order valence-corrected chi connectivity index (χ2v) is 6.40. The SMILES string of the molecule is O=C(CCC1CCCNC1)N1CCN(C2CC2)CC1. The zero-order valence-corrected chi connectivity index (χ0v) is 11.9. The van der Waals surface area contributed by atoms with Crippen molar-refractivity contribution in [2.45, 2.75) is 44.6 Å². The molecule has 0 radical (unpaired) electrons. The number of piperidine rings is 1. The second-order valence-electron chi connectivity index (χ2n) is 6.40. The average Bonchev–Trinajstić information content (AvgIpc) is 3.31. The van der Waals surface area contributed by atoms with E-state index in [2.05, 4.69) is 15.1 Å². The van der Waals surface area contributed by atoms with Crippen LogP contribution < -0.4 is 5.32 Å². The van der Waals surface area contributed by atoms with Gasteiger partial charge in [-0.05, 0) is 51.1 Å². The molecule has 1 amide bonds. The molecule has 1 aliphatic carbocycles. The Kier molecular flexibility index (Phi) is 4.38. The van der Waals surface area contributed by atoms with E-state index in [4.69, 9.17) is 0 Å². The first-order valence-electron chi connectivity index (χ1n) is 8.05. The van der Waals surface area contributed by atoms with Gasteiger partial charge >= 0.3 is 0 Å². The Hall–Kier alpha value is -0.610. The number of hydrogen-bond acceptors (Lipinski definition) is 3. The minimum Gasteiger partial charge on any atom is -0.340 e. The quantitative estimate of drug-likeness (QED) is 0.826. The van der Waals surface area contributed by atoms with E-state index in [1.807, 2.05) is 0 Å². The summed E-state index contributed by atoms with van der Waals surface area (Å²) in [5.41, 5.74) is 0. The number of rotatable bonds is 4. The molecule has 4 heteroatoms. The largest absolute Gasteiger partial charge is 0.340 e. The molecule has 0 aromatic rings. The highest BCUT2D eigenvalue weighted by Gasteiger charge is 2.32. The molecule has 0 spiro atoms. The maximum absolute atomic E-state index is 12.2. The summed E-state index contributed by atoms with van der Waals surface area (Å²) in [5.74, 6) is 1.12. The molecular weight excluding hydrogens is 238 g/mol. The van der Waals surface area contributed by atoms with Gasteiger partial charge < -0.3 is 10.2 Å². The number of amides is 1. The van der Waals surface area contributed by atoms with E-state index in [9.17, 15) is 4.79 Å².